The van der Waals surface area contributed by atoms with Crippen molar-refractivity contribution in [2.45, 2.75) is 37.8 Å². The Morgan fingerprint density at radius 2 is 1.87 bits per heavy atom. The SMILES string of the molecule is CC(C)N(Cc1ccccc1)S(=O)(=O)c1ccc2c(c1)CCO2. The first-order valence-electron chi connectivity index (χ1n) is 7.80. The fourth-order valence-corrected chi connectivity index (χ4v) is 4.44. The summed E-state index contributed by atoms with van der Waals surface area (Å²) in [5.74, 6) is 0.795. The molecular weight excluding hydrogens is 310 g/mol. The van der Waals surface area contributed by atoms with Crippen LogP contribution in [0.5, 0.6) is 5.75 Å². The van der Waals surface area contributed by atoms with Gasteiger partial charge in [0.25, 0.3) is 0 Å². The number of fused-ring (bicyclic) bond motifs is 1. The molecular formula is C18H21NO3S. The van der Waals surface area contributed by atoms with Gasteiger partial charge in [-0.05, 0) is 43.2 Å². The van der Waals surface area contributed by atoms with Crippen LogP contribution in [-0.4, -0.2) is 25.4 Å². The Labute approximate surface area is 137 Å². The fraction of sp³-hybridized carbons (Fsp3) is 0.333. The number of nitrogens with zero attached hydrogens (tertiary/aromatic N) is 1. The first-order chi connectivity index (χ1) is 11.0. The highest BCUT2D eigenvalue weighted by Gasteiger charge is 2.28. The third kappa shape index (κ3) is 3.26. The second kappa shape index (κ2) is 6.34. The summed E-state index contributed by atoms with van der Waals surface area (Å²) in [4.78, 5) is 0.339. The van der Waals surface area contributed by atoms with Gasteiger partial charge in [0.05, 0.1) is 11.5 Å². The first-order valence-corrected chi connectivity index (χ1v) is 9.24. The van der Waals surface area contributed by atoms with Crippen LogP contribution >= 0.6 is 0 Å². The van der Waals surface area contributed by atoms with Gasteiger partial charge in [-0.2, -0.15) is 4.31 Å². The van der Waals surface area contributed by atoms with Crippen molar-refractivity contribution in [1.82, 2.24) is 4.31 Å². The number of ether oxygens (including phenoxy) is 1. The lowest BCUT2D eigenvalue weighted by Gasteiger charge is -2.26. The lowest BCUT2D eigenvalue weighted by molar-refractivity contribution is 0.348. The van der Waals surface area contributed by atoms with E-state index in [0.717, 1.165) is 23.3 Å². The molecule has 1 heterocycles. The van der Waals surface area contributed by atoms with E-state index in [1.165, 1.54) is 0 Å². The van der Waals surface area contributed by atoms with Gasteiger partial charge >= 0.3 is 0 Å². The summed E-state index contributed by atoms with van der Waals surface area (Å²) in [6, 6.07) is 14.7. The molecule has 0 aromatic heterocycles. The van der Waals surface area contributed by atoms with Crippen molar-refractivity contribution in [3.8, 4) is 5.75 Å². The predicted molar refractivity (Wildman–Crippen MR) is 89.9 cm³/mol. The van der Waals surface area contributed by atoms with E-state index in [9.17, 15) is 8.42 Å². The predicted octanol–water partition coefficient (Wildman–Crippen LogP) is 3.22. The Morgan fingerprint density at radius 1 is 1.13 bits per heavy atom. The molecule has 0 saturated heterocycles. The van der Waals surface area contributed by atoms with Gasteiger partial charge in [-0.1, -0.05) is 30.3 Å². The summed E-state index contributed by atoms with van der Waals surface area (Å²) in [6.07, 6.45) is 0.763. The van der Waals surface area contributed by atoms with Crippen molar-refractivity contribution in [2.75, 3.05) is 6.61 Å². The second-order valence-corrected chi connectivity index (χ2v) is 7.89. The third-order valence-corrected chi connectivity index (χ3v) is 6.04. The molecule has 3 rings (SSSR count). The van der Waals surface area contributed by atoms with E-state index in [1.807, 2.05) is 44.2 Å². The molecule has 0 unspecified atom stereocenters. The second-order valence-electron chi connectivity index (χ2n) is 6.00. The highest BCUT2D eigenvalue weighted by molar-refractivity contribution is 7.89. The Kier molecular flexibility index (Phi) is 4.41. The number of sulfonamides is 1. The van der Waals surface area contributed by atoms with Crippen LogP contribution in [-0.2, 0) is 23.0 Å². The Hall–Kier alpha value is -1.85. The molecule has 122 valence electrons. The van der Waals surface area contributed by atoms with Crippen molar-refractivity contribution in [3.63, 3.8) is 0 Å². The molecule has 23 heavy (non-hydrogen) atoms. The van der Waals surface area contributed by atoms with Gasteiger partial charge in [-0.3, -0.25) is 0 Å². The zero-order valence-electron chi connectivity index (χ0n) is 13.4. The quantitative estimate of drug-likeness (QED) is 0.845. The molecule has 0 radical (unpaired) electrons. The standard InChI is InChI=1S/C18H21NO3S/c1-14(2)19(13-15-6-4-3-5-7-15)23(20,21)17-8-9-18-16(12-17)10-11-22-18/h3-9,12,14H,10-11,13H2,1-2H3. The average molecular weight is 331 g/mol. The lowest BCUT2D eigenvalue weighted by Crippen LogP contribution is -2.36. The number of benzene rings is 2. The van der Waals surface area contributed by atoms with E-state index < -0.39 is 10.0 Å². The summed E-state index contributed by atoms with van der Waals surface area (Å²) in [6.45, 7) is 4.79. The zero-order chi connectivity index (χ0) is 16.4. The zero-order valence-corrected chi connectivity index (χ0v) is 14.2. The van der Waals surface area contributed by atoms with Gasteiger partial charge in [0.15, 0.2) is 0 Å². The van der Waals surface area contributed by atoms with Crippen LogP contribution in [0.25, 0.3) is 0 Å². The van der Waals surface area contributed by atoms with Gasteiger partial charge in [0.1, 0.15) is 5.75 Å². The van der Waals surface area contributed by atoms with E-state index in [0.29, 0.717) is 18.0 Å². The summed E-state index contributed by atoms with van der Waals surface area (Å²) in [7, 11) is -3.54. The van der Waals surface area contributed by atoms with Crippen molar-refractivity contribution in [1.29, 1.82) is 0 Å². The summed E-state index contributed by atoms with van der Waals surface area (Å²) < 4.78 is 33.1. The number of hydrogen-bond acceptors (Lipinski definition) is 3. The maximum absolute atomic E-state index is 13.1. The fourth-order valence-electron chi connectivity index (χ4n) is 2.77. The van der Waals surface area contributed by atoms with E-state index >= 15 is 0 Å². The number of rotatable bonds is 5. The largest absolute Gasteiger partial charge is 0.493 e. The molecule has 0 atom stereocenters. The molecule has 0 bridgehead atoms. The summed E-state index contributed by atoms with van der Waals surface area (Å²) in [5.41, 5.74) is 1.95. The normalized spacial score (nSPS) is 14.1. The molecule has 2 aromatic rings. The van der Waals surface area contributed by atoms with Crippen LogP contribution in [0, 0.1) is 0 Å². The molecule has 0 fully saturated rings. The topological polar surface area (TPSA) is 46.6 Å². The van der Waals surface area contributed by atoms with E-state index in [2.05, 4.69) is 0 Å². The maximum atomic E-state index is 13.1. The van der Waals surface area contributed by atoms with Crippen LogP contribution in [0.1, 0.15) is 25.0 Å². The molecule has 4 nitrogen and oxygen atoms in total. The van der Waals surface area contributed by atoms with E-state index in [4.69, 9.17) is 4.74 Å². The Bertz CT molecular complexity index is 785. The van der Waals surface area contributed by atoms with Gasteiger partial charge in [0.2, 0.25) is 10.0 Å². The minimum Gasteiger partial charge on any atom is -0.493 e. The Morgan fingerprint density at radius 3 is 2.57 bits per heavy atom. The van der Waals surface area contributed by atoms with Crippen LogP contribution in [0.15, 0.2) is 53.4 Å². The van der Waals surface area contributed by atoms with Crippen LogP contribution < -0.4 is 4.74 Å². The van der Waals surface area contributed by atoms with Crippen molar-refractivity contribution < 1.29 is 13.2 Å². The van der Waals surface area contributed by atoms with E-state index in [1.54, 1.807) is 22.5 Å². The molecule has 2 aromatic carbocycles. The van der Waals surface area contributed by atoms with Crippen LogP contribution in [0.4, 0.5) is 0 Å². The average Bonchev–Trinajstić information content (AvgIpc) is 3.00. The molecule has 5 heteroatoms. The minimum atomic E-state index is -3.54. The Balaban J connectivity index is 1.94. The van der Waals surface area contributed by atoms with Crippen molar-refractivity contribution >= 4 is 10.0 Å². The highest BCUT2D eigenvalue weighted by atomic mass is 32.2. The van der Waals surface area contributed by atoms with Crippen LogP contribution in [0.2, 0.25) is 0 Å². The van der Waals surface area contributed by atoms with Crippen LogP contribution in [0.3, 0.4) is 0 Å². The first kappa shape index (κ1) is 16.0. The summed E-state index contributed by atoms with van der Waals surface area (Å²) in [5, 5.41) is 0. The third-order valence-electron chi connectivity index (χ3n) is 4.02. The van der Waals surface area contributed by atoms with Crippen molar-refractivity contribution in [3.05, 3.63) is 59.7 Å². The molecule has 0 spiro atoms. The summed E-state index contributed by atoms with van der Waals surface area (Å²) >= 11 is 0. The van der Waals surface area contributed by atoms with Gasteiger partial charge in [-0.25, -0.2) is 8.42 Å². The highest BCUT2D eigenvalue weighted by Crippen LogP contribution is 2.30. The minimum absolute atomic E-state index is 0.121. The van der Waals surface area contributed by atoms with Gasteiger partial charge in [0, 0.05) is 19.0 Å². The molecule has 0 N–H and O–H groups in total. The van der Waals surface area contributed by atoms with Crippen molar-refractivity contribution in [2.24, 2.45) is 0 Å². The molecule has 0 aliphatic carbocycles. The maximum Gasteiger partial charge on any atom is 0.243 e. The molecule has 1 aliphatic heterocycles. The van der Waals surface area contributed by atoms with Gasteiger partial charge in [-0.15, -0.1) is 0 Å². The number of hydrogen-bond donors (Lipinski definition) is 0. The van der Waals surface area contributed by atoms with Gasteiger partial charge < -0.3 is 4.74 Å². The lowest BCUT2D eigenvalue weighted by atomic mass is 10.2. The monoisotopic (exact) mass is 331 g/mol. The smallest absolute Gasteiger partial charge is 0.243 e. The van der Waals surface area contributed by atoms with E-state index in [-0.39, 0.29) is 6.04 Å². The molecule has 1 aliphatic rings. The molecule has 0 saturated carbocycles. The molecule has 0 amide bonds.